The van der Waals surface area contributed by atoms with Crippen molar-refractivity contribution in [2.24, 2.45) is 0 Å². The molecular formula is C12H14BrNO. The predicted molar refractivity (Wildman–Crippen MR) is 66.6 cm³/mol. The van der Waals surface area contributed by atoms with Crippen LogP contribution < -0.4 is 0 Å². The zero-order valence-electron chi connectivity index (χ0n) is 9.12. The van der Waals surface area contributed by atoms with Crippen LogP contribution in [-0.4, -0.2) is 24.9 Å². The van der Waals surface area contributed by atoms with Crippen molar-refractivity contribution in [3.8, 4) is 0 Å². The number of hydrogen-bond donors (Lipinski definition) is 0. The summed E-state index contributed by atoms with van der Waals surface area (Å²) in [4.78, 5) is 12.9. The number of halogens is 1. The molecule has 0 aliphatic carbocycles. The third-order valence-electron chi connectivity index (χ3n) is 2.00. The van der Waals surface area contributed by atoms with Gasteiger partial charge in [-0.15, -0.1) is 0 Å². The molecule has 0 saturated carbocycles. The van der Waals surface area contributed by atoms with Crippen LogP contribution in [0.5, 0.6) is 0 Å². The number of hydrogen-bond acceptors (Lipinski definition) is 1. The molecule has 15 heavy (non-hydrogen) atoms. The molecule has 0 aliphatic rings. The Hall–Kier alpha value is -1.09. The highest BCUT2D eigenvalue weighted by Crippen LogP contribution is 2.19. The number of likely N-dealkylation sites (N-methyl/N-ethyl adjacent to an activating group) is 1. The Morgan fingerprint density at radius 3 is 2.60 bits per heavy atom. The fourth-order valence-electron chi connectivity index (χ4n) is 1.08. The number of aryl methyl sites for hydroxylation is 1. The van der Waals surface area contributed by atoms with Crippen LogP contribution in [-0.2, 0) is 4.79 Å². The van der Waals surface area contributed by atoms with E-state index in [4.69, 9.17) is 0 Å². The molecule has 0 bridgehead atoms. The van der Waals surface area contributed by atoms with Crippen molar-refractivity contribution in [2.45, 2.75) is 6.92 Å². The lowest BCUT2D eigenvalue weighted by Gasteiger charge is -2.05. The number of carbonyl (C=O) groups excluding carboxylic acids is 1. The zero-order valence-corrected chi connectivity index (χ0v) is 10.7. The quantitative estimate of drug-likeness (QED) is 0.755. The van der Waals surface area contributed by atoms with Crippen LogP contribution in [0.2, 0.25) is 0 Å². The summed E-state index contributed by atoms with van der Waals surface area (Å²) in [6, 6.07) is 6.03. The van der Waals surface area contributed by atoms with Gasteiger partial charge >= 0.3 is 0 Å². The predicted octanol–water partition coefficient (Wildman–Crippen LogP) is 2.86. The van der Waals surface area contributed by atoms with E-state index in [-0.39, 0.29) is 5.91 Å². The van der Waals surface area contributed by atoms with Crippen LogP contribution in [0.3, 0.4) is 0 Å². The summed E-state index contributed by atoms with van der Waals surface area (Å²) in [7, 11) is 3.47. The highest BCUT2D eigenvalue weighted by atomic mass is 79.9. The Labute approximate surface area is 98.7 Å². The van der Waals surface area contributed by atoms with E-state index in [0.717, 1.165) is 10.0 Å². The van der Waals surface area contributed by atoms with Crippen molar-refractivity contribution >= 4 is 27.9 Å². The second-order valence-electron chi connectivity index (χ2n) is 3.59. The summed E-state index contributed by atoms with van der Waals surface area (Å²) in [6.45, 7) is 2.03. The SMILES string of the molecule is Cc1ccc(/C=C\C(=O)N(C)C)c(Br)c1. The smallest absolute Gasteiger partial charge is 0.246 e. The molecule has 3 heteroatoms. The molecule has 0 atom stereocenters. The van der Waals surface area contributed by atoms with Gasteiger partial charge in [-0.25, -0.2) is 0 Å². The van der Waals surface area contributed by atoms with E-state index in [9.17, 15) is 4.79 Å². The minimum absolute atomic E-state index is 0.0116. The number of rotatable bonds is 2. The summed E-state index contributed by atoms with van der Waals surface area (Å²) >= 11 is 3.46. The molecule has 1 rings (SSSR count). The van der Waals surface area contributed by atoms with Crippen molar-refractivity contribution in [1.29, 1.82) is 0 Å². The van der Waals surface area contributed by atoms with Gasteiger partial charge in [0.05, 0.1) is 0 Å². The molecule has 0 unspecified atom stereocenters. The number of benzene rings is 1. The van der Waals surface area contributed by atoms with Gasteiger partial charge in [0.1, 0.15) is 0 Å². The minimum atomic E-state index is -0.0116. The van der Waals surface area contributed by atoms with Gasteiger partial charge in [0.15, 0.2) is 0 Å². The van der Waals surface area contributed by atoms with Gasteiger partial charge in [-0.3, -0.25) is 4.79 Å². The van der Waals surface area contributed by atoms with E-state index in [1.165, 1.54) is 5.56 Å². The fraction of sp³-hybridized carbons (Fsp3) is 0.250. The van der Waals surface area contributed by atoms with Crippen molar-refractivity contribution < 1.29 is 4.79 Å². The maximum absolute atomic E-state index is 11.3. The molecule has 0 N–H and O–H groups in total. The molecule has 0 radical (unpaired) electrons. The third-order valence-corrected chi connectivity index (χ3v) is 2.69. The molecule has 80 valence electrons. The molecule has 1 aromatic carbocycles. The number of nitrogens with zero attached hydrogens (tertiary/aromatic N) is 1. The molecular weight excluding hydrogens is 254 g/mol. The standard InChI is InChI=1S/C12H14BrNO/c1-9-4-5-10(11(13)8-9)6-7-12(15)14(2)3/h4-8H,1-3H3/b7-6-. The van der Waals surface area contributed by atoms with E-state index < -0.39 is 0 Å². The lowest BCUT2D eigenvalue weighted by Crippen LogP contribution is -2.18. The van der Waals surface area contributed by atoms with Gasteiger partial charge in [-0.1, -0.05) is 28.1 Å². The molecule has 1 amide bonds. The third kappa shape index (κ3) is 3.51. The van der Waals surface area contributed by atoms with Crippen molar-refractivity contribution in [3.05, 3.63) is 39.9 Å². The van der Waals surface area contributed by atoms with Gasteiger partial charge in [0, 0.05) is 24.6 Å². The lowest BCUT2D eigenvalue weighted by molar-refractivity contribution is -0.123. The summed E-state index contributed by atoms with van der Waals surface area (Å²) in [5, 5.41) is 0. The molecule has 1 aromatic rings. The molecule has 2 nitrogen and oxygen atoms in total. The van der Waals surface area contributed by atoms with Gasteiger partial charge in [-0.2, -0.15) is 0 Å². The van der Waals surface area contributed by atoms with Gasteiger partial charge < -0.3 is 4.90 Å². The van der Waals surface area contributed by atoms with E-state index in [1.807, 2.05) is 31.2 Å². The monoisotopic (exact) mass is 267 g/mol. The topological polar surface area (TPSA) is 20.3 Å². The van der Waals surface area contributed by atoms with Crippen LogP contribution in [0.1, 0.15) is 11.1 Å². The maximum atomic E-state index is 11.3. The molecule has 0 heterocycles. The summed E-state index contributed by atoms with van der Waals surface area (Å²) in [6.07, 6.45) is 3.38. The van der Waals surface area contributed by atoms with Crippen molar-refractivity contribution in [3.63, 3.8) is 0 Å². The zero-order chi connectivity index (χ0) is 11.4. The Balaban J connectivity index is 2.85. The van der Waals surface area contributed by atoms with Crippen LogP contribution in [0.25, 0.3) is 6.08 Å². The molecule has 0 fully saturated rings. The first-order valence-electron chi connectivity index (χ1n) is 4.66. The molecule has 0 aliphatic heterocycles. The summed E-state index contributed by atoms with van der Waals surface area (Å²) in [5.41, 5.74) is 2.20. The molecule has 0 saturated heterocycles. The number of carbonyl (C=O) groups is 1. The van der Waals surface area contributed by atoms with Crippen LogP contribution in [0, 0.1) is 6.92 Å². The van der Waals surface area contributed by atoms with E-state index in [2.05, 4.69) is 15.9 Å². The van der Waals surface area contributed by atoms with Crippen LogP contribution >= 0.6 is 15.9 Å². The minimum Gasteiger partial charge on any atom is -0.345 e. The summed E-state index contributed by atoms with van der Waals surface area (Å²) < 4.78 is 1.00. The average molecular weight is 268 g/mol. The normalized spacial score (nSPS) is 10.7. The highest BCUT2D eigenvalue weighted by molar-refractivity contribution is 9.10. The number of amides is 1. The Bertz CT molecular complexity index is 397. The second kappa shape index (κ2) is 5.12. The fourth-order valence-corrected chi connectivity index (χ4v) is 1.70. The van der Waals surface area contributed by atoms with Crippen LogP contribution in [0.4, 0.5) is 0 Å². The van der Waals surface area contributed by atoms with E-state index >= 15 is 0 Å². The lowest BCUT2D eigenvalue weighted by atomic mass is 10.1. The maximum Gasteiger partial charge on any atom is 0.246 e. The average Bonchev–Trinajstić information content (AvgIpc) is 2.15. The highest BCUT2D eigenvalue weighted by Gasteiger charge is 1.99. The van der Waals surface area contributed by atoms with Gasteiger partial charge in [-0.05, 0) is 30.2 Å². The van der Waals surface area contributed by atoms with Crippen molar-refractivity contribution in [1.82, 2.24) is 4.90 Å². The summed E-state index contributed by atoms with van der Waals surface area (Å²) in [5.74, 6) is -0.0116. The molecule has 0 aromatic heterocycles. The van der Waals surface area contributed by atoms with Crippen molar-refractivity contribution in [2.75, 3.05) is 14.1 Å². The van der Waals surface area contributed by atoms with Gasteiger partial charge in [0.2, 0.25) is 5.91 Å². The Morgan fingerprint density at radius 2 is 2.07 bits per heavy atom. The first-order chi connectivity index (χ1) is 7.00. The van der Waals surface area contributed by atoms with Gasteiger partial charge in [0.25, 0.3) is 0 Å². The van der Waals surface area contributed by atoms with Crippen LogP contribution in [0.15, 0.2) is 28.7 Å². The first-order valence-corrected chi connectivity index (χ1v) is 5.45. The molecule has 0 spiro atoms. The Morgan fingerprint density at radius 1 is 1.40 bits per heavy atom. The largest absolute Gasteiger partial charge is 0.345 e. The Kier molecular flexibility index (Phi) is 4.09. The van der Waals surface area contributed by atoms with E-state index in [1.54, 1.807) is 25.1 Å². The second-order valence-corrected chi connectivity index (χ2v) is 4.45. The first kappa shape index (κ1) is 12.0. The van der Waals surface area contributed by atoms with E-state index in [0.29, 0.717) is 0 Å².